The van der Waals surface area contributed by atoms with Crippen LogP contribution in [0.1, 0.15) is 12.5 Å². The summed E-state index contributed by atoms with van der Waals surface area (Å²) in [6, 6.07) is 7.58. The van der Waals surface area contributed by atoms with Crippen LogP contribution in [0.3, 0.4) is 0 Å². The van der Waals surface area contributed by atoms with Gasteiger partial charge in [0.15, 0.2) is 5.12 Å². The molecule has 0 heterocycles. The van der Waals surface area contributed by atoms with E-state index in [1.165, 1.54) is 11.8 Å². The molecule has 0 fully saturated rings. The number of thioether (sulfide) groups is 1. The number of carbonyl (C=O) groups excluding carboxylic acids is 1. The molecule has 0 saturated carbocycles. The van der Waals surface area contributed by atoms with Crippen LogP contribution < -0.4 is 5.73 Å². The Bertz CT molecular complexity index is 286. The van der Waals surface area contributed by atoms with Gasteiger partial charge in [0, 0.05) is 18.4 Å². The van der Waals surface area contributed by atoms with Crippen molar-refractivity contribution in [2.24, 2.45) is 0 Å². The summed E-state index contributed by atoms with van der Waals surface area (Å²) in [7, 11) is 0. The normalized spacial score (nSPS) is 9.75. The topological polar surface area (TPSA) is 43.1 Å². The number of nitrogen functional groups attached to an aromatic ring is 1. The number of carbonyl (C=O) groups is 1. The molecule has 1 aromatic carbocycles. The monoisotopic (exact) mass is 181 g/mol. The van der Waals surface area contributed by atoms with E-state index in [1.807, 2.05) is 24.3 Å². The van der Waals surface area contributed by atoms with E-state index in [9.17, 15) is 4.79 Å². The average molecular weight is 181 g/mol. The zero-order valence-corrected chi connectivity index (χ0v) is 7.73. The Labute approximate surface area is 76.2 Å². The molecule has 0 aliphatic heterocycles. The molecular formula is C9H11NOS. The van der Waals surface area contributed by atoms with Crippen LogP contribution in [0.4, 0.5) is 5.69 Å². The lowest BCUT2D eigenvalue weighted by Gasteiger charge is -1.99. The first kappa shape index (κ1) is 9.13. The minimum absolute atomic E-state index is 0.137. The van der Waals surface area contributed by atoms with Crippen molar-refractivity contribution in [2.45, 2.75) is 12.7 Å². The van der Waals surface area contributed by atoms with E-state index < -0.39 is 0 Å². The first-order chi connectivity index (χ1) is 5.68. The highest BCUT2D eigenvalue weighted by molar-refractivity contribution is 8.12. The van der Waals surface area contributed by atoms with E-state index in [1.54, 1.807) is 6.92 Å². The maximum Gasteiger partial charge on any atom is 0.186 e. The molecule has 2 N–H and O–H groups in total. The number of nitrogens with two attached hydrogens (primary N) is 1. The second-order valence-electron chi connectivity index (χ2n) is 2.53. The molecule has 1 rings (SSSR count). The second kappa shape index (κ2) is 4.16. The molecule has 0 amide bonds. The highest BCUT2D eigenvalue weighted by Crippen LogP contribution is 2.14. The maximum absolute atomic E-state index is 10.6. The molecule has 1 aromatic rings. The van der Waals surface area contributed by atoms with Crippen molar-refractivity contribution in [3.63, 3.8) is 0 Å². The smallest absolute Gasteiger partial charge is 0.186 e. The fourth-order valence-corrected chi connectivity index (χ4v) is 1.42. The average Bonchev–Trinajstić information content (AvgIpc) is 2.01. The predicted molar refractivity (Wildman–Crippen MR) is 52.8 cm³/mol. The van der Waals surface area contributed by atoms with Gasteiger partial charge in [0.2, 0.25) is 0 Å². The van der Waals surface area contributed by atoms with Gasteiger partial charge in [0.1, 0.15) is 0 Å². The van der Waals surface area contributed by atoms with E-state index in [-0.39, 0.29) is 5.12 Å². The standard InChI is InChI=1S/C9H11NOS/c1-7(11)12-6-8-3-2-4-9(10)5-8/h2-5H,6,10H2,1H3. The van der Waals surface area contributed by atoms with Crippen molar-refractivity contribution >= 4 is 22.6 Å². The summed E-state index contributed by atoms with van der Waals surface area (Å²) < 4.78 is 0. The van der Waals surface area contributed by atoms with E-state index in [2.05, 4.69) is 0 Å². The van der Waals surface area contributed by atoms with Crippen LogP contribution in [0.15, 0.2) is 24.3 Å². The van der Waals surface area contributed by atoms with Crippen molar-refractivity contribution in [2.75, 3.05) is 5.73 Å². The lowest BCUT2D eigenvalue weighted by atomic mass is 10.2. The van der Waals surface area contributed by atoms with Crippen LogP contribution in [0.5, 0.6) is 0 Å². The van der Waals surface area contributed by atoms with Gasteiger partial charge in [-0.2, -0.15) is 0 Å². The Morgan fingerprint density at radius 1 is 1.58 bits per heavy atom. The second-order valence-corrected chi connectivity index (χ2v) is 3.68. The van der Waals surface area contributed by atoms with Crippen molar-refractivity contribution in [1.82, 2.24) is 0 Å². The van der Waals surface area contributed by atoms with Gasteiger partial charge in [-0.25, -0.2) is 0 Å². The van der Waals surface area contributed by atoms with Crippen molar-refractivity contribution < 1.29 is 4.79 Å². The van der Waals surface area contributed by atoms with Gasteiger partial charge in [-0.3, -0.25) is 4.79 Å². The van der Waals surface area contributed by atoms with Gasteiger partial charge in [0.05, 0.1) is 0 Å². The van der Waals surface area contributed by atoms with E-state index in [0.29, 0.717) is 5.75 Å². The van der Waals surface area contributed by atoms with Gasteiger partial charge in [-0.15, -0.1) is 0 Å². The lowest BCUT2D eigenvalue weighted by molar-refractivity contribution is -0.109. The Morgan fingerprint density at radius 2 is 2.33 bits per heavy atom. The summed E-state index contributed by atoms with van der Waals surface area (Å²) in [6.07, 6.45) is 0. The first-order valence-electron chi connectivity index (χ1n) is 3.66. The highest BCUT2D eigenvalue weighted by Gasteiger charge is 1.96. The number of hydrogen-bond acceptors (Lipinski definition) is 3. The summed E-state index contributed by atoms with van der Waals surface area (Å²) in [5.41, 5.74) is 7.41. The van der Waals surface area contributed by atoms with Crippen LogP contribution in [0.25, 0.3) is 0 Å². The highest BCUT2D eigenvalue weighted by atomic mass is 32.2. The third-order valence-electron chi connectivity index (χ3n) is 1.39. The summed E-state index contributed by atoms with van der Waals surface area (Å²) in [5.74, 6) is 0.709. The molecule has 0 bridgehead atoms. The van der Waals surface area contributed by atoms with Gasteiger partial charge in [-0.05, 0) is 17.7 Å². The summed E-state index contributed by atoms with van der Waals surface area (Å²) in [5, 5.41) is 0.137. The minimum atomic E-state index is 0.137. The Kier molecular flexibility index (Phi) is 3.17. The Morgan fingerprint density at radius 3 is 2.92 bits per heavy atom. The van der Waals surface area contributed by atoms with Crippen molar-refractivity contribution in [3.05, 3.63) is 29.8 Å². The van der Waals surface area contributed by atoms with Crippen LogP contribution in [-0.4, -0.2) is 5.12 Å². The molecule has 0 aliphatic rings. The zero-order valence-electron chi connectivity index (χ0n) is 6.91. The largest absolute Gasteiger partial charge is 0.399 e. The molecule has 0 spiro atoms. The number of rotatable bonds is 2. The fourth-order valence-electron chi connectivity index (χ4n) is 0.868. The predicted octanol–water partition coefficient (Wildman–Crippen LogP) is 2.05. The molecule has 0 atom stereocenters. The zero-order chi connectivity index (χ0) is 8.97. The quantitative estimate of drug-likeness (QED) is 0.710. The number of anilines is 1. The van der Waals surface area contributed by atoms with E-state index in [0.717, 1.165) is 11.3 Å². The maximum atomic E-state index is 10.6. The van der Waals surface area contributed by atoms with Crippen LogP contribution >= 0.6 is 11.8 Å². The van der Waals surface area contributed by atoms with E-state index >= 15 is 0 Å². The summed E-state index contributed by atoms with van der Waals surface area (Å²) >= 11 is 1.30. The summed E-state index contributed by atoms with van der Waals surface area (Å²) in [6.45, 7) is 1.57. The molecule has 64 valence electrons. The summed E-state index contributed by atoms with van der Waals surface area (Å²) in [4.78, 5) is 10.6. The number of hydrogen-bond donors (Lipinski definition) is 1. The van der Waals surface area contributed by atoms with Crippen LogP contribution in [-0.2, 0) is 10.5 Å². The molecule has 0 unspecified atom stereocenters. The first-order valence-corrected chi connectivity index (χ1v) is 4.65. The van der Waals surface area contributed by atoms with Crippen molar-refractivity contribution in [3.8, 4) is 0 Å². The van der Waals surface area contributed by atoms with Crippen LogP contribution in [0, 0.1) is 0 Å². The molecule has 3 heteroatoms. The SMILES string of the molecule is CC(=O)SCc1cccc(N)c1. The lowest BCUT2D eigenvalue weighted by Crippen LogP contribution is -1.88. The van der Waals surface area contributed by atoms with Crippen molar-refractivity contribution in [1.29, 1.82) is 0 Å². The third kappa shape index (κ3) is 2.96. The number of benzene rings is 1. The Balaban J connectivity index is 2.57. The van der Waals surface area contributed by atoms with E-state index in [4.69, 9.17) is 5.73 Å². The van der Waals surface area contributed by atoms with Gasteiger partial charge < -0.3 is 5.73 Å². The van der Waals surface area contributed by atoms with Gasteiger partial charge >= 0.3 is 0 Å². The fraction of sp³-hybridized carbons (Fsp3) is 0.222. The van der Waals surface area contributed by atoms with Gasteiger partial charge in [-0.1, -0.05) is 23.9 Å². The molecule has 0 saturated heterocycles. The Hall–Kier alpha value is -0.960. The molecule has 2 nitrogen and oxygen atoms in total. The molecule has 12 heavy (non-hydrogen) atoms. The minimum Gasteiger partial charge on any atom is -0.399 e. The third-order valence-corrected chi connectivity index (χ3v) is 2.28. The molecule has 0 aliphatic carbocycles. The molecule has 0 aromatic heterocycles. The van der Waals surface area contributed by atoms with Crippen LogP contribution in [0.2, 0.25) is 0 Å². The molecule has 0 radical (unpaired) electrons. The molecular weight excluding hydrogens is 170 g/mol. The van der Waals surface area contributed by atoms with Gasteiger partial charge in [0.25, 0.3) is 0 Å².